The SMILES string of the molecule is Cc1cccc(OCC(=O)Nc2ccc(N3CCn4c(nc5cc(Cl)ccc54)C3)cc2C)c1. The molecule has 2 heterocycles. The van der Waals surface area contributed by atoms with E-state index >= 15 is 0 Å². The number of carbonyl (C=O) groups excluding carboxylic acids is 1. The molecule has 0 atom stereocenters. The summed E-state index contributed by atoms with van der Waals surface area (Å²) in [6.45, 7) is 6.43. The maximum atomic E-state index is 12.4. The highest BCUT2D eigenvalue weighted by Gasteiger charge is 2.21. The standard InChI is InChI=1S/C26H25ClN4O2/c1-17-4-3-5-21(12-17)33-16-26(32)29-22-8-7-20(13-18(22)2)30-10-11-31-24-9-6-19(27)14-23(24)28-25(31)15-30/h3-9,12-14H,10-11,15-16H2,1-2H3,(H,29,32). The van der Waals surface area contributed by atoms with Crippen LogP contribution in [0.3, 0.4) is 0 Å². The van der Waals surface area contributed by atoms with Crippen LogP contribution >= 0.6 is 11.6 Å². The molecule has 1 aliphatic heterocycles. The van der Waals surface area contributed by atoms with Crippen molar-refractivity contribution in [3.8, 4) is 5.75 Å². The van der Waals surface area contributed by atoms with Crippen LogP contribution in [0.15, 0.2) is 60.7 Å². The number of imidazole rings is 1. The number of fused-ring (bicyclic) bond motifs is 3. The molecular formula is C26H25ClN4O2. The lowest BCUT2D eigenvalue weighted by Gasteiger charge is -2.30. The van der Waals surface area contributed by atoms with Gasteiger partial charge in [0.25, 0.3) is 5.91 Å². The van der Waals surface area contributed by atoms with Gasteiger partial charge in [-0.25, -0.2) is 4.98 Å². The molecule has 168 valence electrons. The van der Waals surface area contributed by atoms with E-state index in [1.54, 1.807) is 0 Å². The zero-order chi connectivity index (χ0) is 22.9. The van der Waals surface area contributed by atoms with Gasteiger partial charge in [0.2, 0.25) is 0 Å². The Morgan fingerprint density at radius 3 is 2.79 bits per heavy atom. The Hall–Kier alpha value is -3.51. The van der Waals surface area contributed by atoms with E-state index in [1.807, 2.05) is 68.4 Å². The monoisotopic (exact) mass is 460 g/mol. The lowest BCUT2D eigenvalue weighted by Crippen LogP contribution is -2.33. The summed E-state index contributed by atoms with van der Waals surface area (Å²) in [7, 11) is 0. The van der Waals surface area contributed by atoms with Crippen LogP contribution in [0.1, 0.15) is 17.0 Å². The minimum Gasteiger partial charge on any atom is -0.484 e. The number of hydrogen-bond acceptors (Lipinski definition) is 4. The molecule has 0 aliphatic carbocycles. The largest absolute Gasteiger partial charge is 0.484 e. The maximum Gasteiger partial charge on any atom is 0.262 e. The molecular weight excluding hydrogens is 436 g/mol. The van der Waals surface area contributed by atoms with Crippen molar-refractivity contribution in [1.29, 1.82) is 0 Å². The highest BCUT2D eigenvalue weighted by atomic mass is 35.5. The van der Waals surface area contributed by atoms with Crippen molar-refractivity contribution in [2.75, 3.05) is 23.4 Å². The fraction of sp³-hybridized carbons (Fsp3) is 0.231. The zero-order valence-corrected chi connectivity index (χ0v) is 19.4. The van der Waals surface area contributed by atoms with E-state index in [1.165, 1.54) is 0 Å². The Balaban J connectivity index is 1.25. The third kappa shape index (κ3) is 4.52. The fourth-order valence-corrected chi connectivity index (χ4v) is 4.41. The van der Waals surface area contributed by atoms with Gasteiger partial charge in [0.05, 0.1) is 17.6 Å². The Bertz CT molecular complexity index is 1350. The Labute approximate surface area is 197 Å². The molecule has 3 aromatic carbocycles. The van der Waals surface area contributed by atoms with Gasteiger partial charge in [-0.05, 0) is 73.5 Å². The second kappa shape index (κ2) is 8.79. The first-order valence-corrected chi connectivity index (χ1v) is 11.3. The van der Waals surface area contributed by atoms with E-state index in [-0.39, 0.29) is 12.5 Å². The van der Waals surface area contributed by atoms with Crippen LogP contribution in [0.25, 0.3) is 11.0 Å². The Morgan fingerprint density at radius 2 is 1.97 bits per heavy atom. The molecule has 1 amide bonds. The average molecular weight is 461 g/mol. The summed E-state index contributed by atoms with van der Waals surface area (Å²) in [5, 5.41) is 3.65. The minimum atomic E-state index is -0.183. The fourth-order valence-electron chi connectivity index (χ4n) is 4.24. The number of hydrogen-bond donors (Lipinski definition) is 1. The van der Waals surface area contributed by atoms with Gasteiger partial charge in [0.1, 0.15) is 11.6 Å². The summed E-state index contributed by atoms with van der Waals surface area (Å²) in [5.41, 5.74) is 6.05. The molecule has 0 saturated heterocycles. The van der Waals surface area contributed by atoms with Crippen LogP contribution in [-0.4, -0.2) is 28.6 Å². The molecule has 0 saturated carbocycles. The van der Waals surface area contributed by atoms with Crippen molar-refractivity contribution >= 4 is 39.9 Å². The molecule has 4 aromatic rings. The topological polar surface area (TPSA) is 59.4 Å². The van der Waals surface area contributed by atoms with Crippen LogP contribution in [0, 0.1) is 13.8 Å². The molecule has 1 aliphatic rings. The molecule has 7 heteroatoms. The third-order valence-corrected chi connectivity index (χ3v) is 6.16. The van der Waals surface area contributed by atoms with Gasteiger partial charge in [-0.3, -0.25) is 4.79 Å². The van der Waals surface area contributed by atoms with Crippen molar-refractivity contribution in [2.45, 2.75) is 26.9 Å². The number of amides is 1. The number of nitrogens with one attached hydrogen (secondary N) is 1. The first-order chi connectivity index (χ1) is 16.0. The van der Waals surface area contributed by atoms with E-state index in [2.05, 4.69) is 20.9 Å². The number of benzene rings is 3. The van der Waals surface area contributed by atoms with Gasteiger partial charge in [-0.15, -0.1) is 0 Å². The quantitative estimate of drug-likeness (QED) is 0.436. The number of aryl methyl sites for hydroxylation is 2. The first-order valence-electron chi connectivity index (χ1n) is 11.0. The van der Waals surface area contributed by atoms with Crippen molar-refractivity contribution < 1.29 is 9.53 Å². The average Bonchev–Trinajstić information content (AvgIpc) is 3.15. The molecule has 0 spiro atoms. The van der Waals surface area contributed by atoms with Crippen molar-refractivity contribution in [3.63, 3.8) is 0 Å². The zero-order valence-electron chi connectivity index (χ0n) is 18.6. The predicted octanol–water partition coefficient (Wildman–Crippen LogP) is 5.34. The van der Waals surface area contributed by atoms with Crippen LogP contribution in [0.5, 0.6) is 5.75 Å². The van der Waals surface area contributed by atoms with Gasteiger partial charge in [-0.1, -0.05) is 23.7 Å². The number of ether oxygens (including phenoxy) is 1. The Kier molecular flexibility index (Phi) is 5.68. The van der Waals surface area contributed by atoms with E-state index < -0.39 is 0 Å². The summed E-state index contributed by atoms with van der Waals surface area (Å²) < 4.78 is 7.87. The van der Waals surface area contributed by atoms with E-state index in [0.717, 1.165) is 59.0 Å². The molecule has 0 unspecified atom stereocenters. The van der Waals surface area contributed by atoms with Crippen molar-refractivity contribution in [3.05, 3.63) is 82.6 Å². The van der Waals surface area contributed by atoms with Crippen LogP contribution in [0.4, 0.5) is 11.4 Å². The van der Waals surface area contributed by atoms with Crippen LogP contribution in [-0.2, 0) is 17.9 Å². The molecule has 33 heavy (non-hydrogen) atoms. The van der Waals surface area contributed by atoms with Gasteiger partial charge in [-0.2, -0.15) is 0 Å². The first kappa shape index (κ1) is 21.3. The highest BCUT2D eigenvalue weighted by Crippen LogP contribution is 2.28. The molecule has 0 bridgehead atoms. The molecule has 0 radical (unpaired) electrons. The number of anilines is 2. The van der Waals surface area contributed by atoms with Crippen LogP contribution < -0.4 is 15.0 Å². The van der Waals surface area contributed by atoms with Gasteiger partial charge >= 0.3 is 0 Å². The summed E-state index contributed by atoms with van der Waals surface area (Å²) >= 11 is 6.13. The maximum absolute atomic E-state index is 12.4. The summed E-state index contributed by atoms with van der Waals surface area (Å²) in [5.74, 6) is 1.54. The lowest BCUT2D eigenvalue weighted by atomic mass is 10.1. The van der Waals surface area contributed by atoms with Gasteiger partial charge in [0.15, 0.2) is 6.61 Å². The molecule has 5 rings (SSSR count). The molecule has 1 aromatic heterocycles. The number of nitrogens with zero attached hydrogens (tertiary/aromatic N) is 3. The number of carbonyl (C=O) groups is 1. The van der Waals surface area contributed by atoms with E-state index in [9.17, 15) is 4.79 Å². The van der Waals surface area contributed by atoms with E-state index in [4.69, 9.17) is 21.3 Å². The smallest absolute Gasteiger partial charge is 0.262 e. The van der Waals surface area contributed by atoms with Crippen LogP contribution in [0.2, 0.25) is 5.02 Å². The molecule has 0 fully saturated rings. The van der Waals surface area contributed by atoms with Crippen molar-refractivity contribution in [1.82, 2.24) is 9.55 Å². The highest BCUT2D eigenvalue weighted by molar-refractivity contribution is 6.31. The predicted molar refractivity (Wildman–Crippen MR) is 132 cm³/mol. The van der Waals surface area contributed by atoms with Gasteiger partial charge < -0.3 is 19.5 Å². The minimum absolute atomic E-state index is 0.0307. The summed E-state index contributed by atoms with van der Waals surface area (Å²) in [6, 6.07) is 19.6. The van der Waals surface area contributed by atoms with Crippen molar-refractivity contribution in [2.24, 2.45) is 0 Å². The summed E-state index contributed by atoms with van der Waals surface area (Å²) in [4.78, 5) is 19.5. The second-order valence-corrected chi connectivity index (χ2v) is 8.82. The second-order valence-electron chi connectivity index (χ2n) is 8.39. The summed E-state index contributed by atoms with van der Waals surface area (Å²) in [6.07, 6.45) is 0. The number of aromatic nitrogens is 2. The van der Waals surface area contributed by atoms with E-state index in [0.29, 0.717) is 10.8 Å². The molecule has 6 nitrogen and oxygen atoms in total. The third-order valence-electron chi connectivity index (χ3n) is 5.92. The number of halogens is 1. The Morgan fingerprint density at radius 1 is 1.09 bits per heavy atom. The molecule has 1 N–H and O–H groups in total. The lowest BCUT2D eigenvalue weighted by molar-refractivity contribution is -0.118. The normalized spacial score (nSPS) is 13.1. The van der Waals surface area contributed by atoms with Gasteiger partial charge in [0, 0.05) is 29.5 Å². The number of rotatable bonds is 5.